The molecule has 0 radical (unpaired) electrons. The van der Waals surface area contributed by atoms with E-state index in [0.717, 1.165) is 0 Å². The van der Waals surface area contributed by atoms with Crippen molar-refractivity contribution in [1.29, 1.82) is 0 Å². The molecule has 0 saturated carbocycles. The zero-order chi connectivity index (χ0) is 18.1. The van der Waals surface area contributed by atoms with E-state index in [2.05, 4.69) is 25.6 Å². The van der Waals surface area contributed by atoms with Gasteiger partial charge in [0.05, 0.1) is 11.9 Å². The molecule has 0 aliphatic carbocycles. The third kappa shape index (κ3) is 2.93. The van der Waals surface area contributed by atoms with Crippen molar-refractivity contribution < 1.29 is 9.18 Å². The molecule has 9 heteroatoms. The summed E-state index contributed by atoms with van der Waals surface area (Å²) in [6.07, 6.45) is 1.52. The molecule has 128 valence electrons. The molecule has 2 heterocycles. The van der Waals surface area contributed by atoms with Crippen LogP contribution in [0.1, 0.15) is 10.4 Å². The lowest BCUT2D eigenvalue weighted by molar-refractivity contribution is 0.100. The maximum atomic E-state index is 13.5. The van der Waals surface area contributed by atoms with Gasteiger partial charge < -0.3 is 11.1 Å². The van der Waals surface area contributed by atoms with Gasteiger partial charge in [-0.3, -0.25) is 4.79 Å². The van der Waals surface area contributed by atoms with Crippen molar-refractivity contribution in [2.45, 2.75) is 0 Å². The van der Waals surface area contributed by atoms with Gasteiger partial charge in [-0.1, -0.05) is 11.3 Å². The van der Waals surface area contributed by atoms with Gasteiger partial charge in [-0.15, -0.1) is 5.10 Å². The lowest BCUT2D eigenvalue weighted by Gasteiger charge is -2.06. The summed E-state index contributed by atoms with van der Waals surface area (Å²) in [6.45, 7) is 0. The number of primary amides is 1. The maximum Gasteiger partial charge on any atom is 0.248 e. The molecule has 0 bridgehead atoms. The van der Waals surface area contributed by atoms with Crippen molar-refractivity contribution in [3.05, 3.63) is 66.1 Å². The third-order valence-corrected chi connectivity index (χ3v) is 3.67. The van der Waals surface area contributed by atoms with Crippen LogP contribution in [0.2, 0.25) is 0 Å². The number of amides is 1. The minimum absolute atomic E-state index is 0.310. The summed E-state index contributed by atoms with van der Waals surface area (Å²) in [5.74, 6) is -0.573. The molecule has 1 amide bonds. The maximum absolute atomic E-state index is 13.5. The molecule has 8 nitrogen and oxygen atoms in total. The van der Waals surface area contributed by atoms with Crippen molar-refractivity contribution in [2.24, 2.45) is 5.73 Å². The molecule has 3 N–H and O–H groups in total. The summed E-state index contributed by atoms with van der Waals surface area (Å²) in [4.78, 5) is 19.7. The number of aromatic nitrogens is 5. The predicted octanol–water partition coefficient (Wildman–Crippen LogP) is 2.19. The second kappa shape index (κ2) is 6.20. The molecule has 0 fully saturated rings. The van der Waals surface area contributed by atoms with Gasteiger partial charge in [0.1, 0.15) is 5.82 Å². The molecule has 0 spiro atoms. The molecule has 4 rings (SSSR count). The number of carbonyl (C=O) groups excluding carboxylic acids is 1. The minimum atomic E-state index is -0.501. The topological polar surface area (TPSA) is 112 Å². The van der Waals surface area contributed by atoms with E-state index in [4.69, 9.17) is 5.73 Å². The Balaban J connectivity index is 1.68. The van der Waals surface area contributed by atoms with Gasteiger partial charge in [-0.2, -0.15) is 9.67 Å². The fourth-order valence-electron chi connectivity index (χ4n) is 2.42. The van der Waals surface area contributed by atoms with Crippen molar-refractivity contribution >= 4 is 28.7 Å². The Morgan fingerprint density at radius 3 is 2.69 bits per heavy atom. The molecule has 4 aromatic rings. The number of halogens is 1. The predicted molar refractivity (Wildman–Crippen MR) is 92.7 cm³/mol. The highest BCUT2D eigenvalue weighted by molar-refractivity contribution is 5.93. The summed E-state index contributed by atoms with van der Waals surface area (Å²) in [7, 11) is 0. The second-order valence-corrected chi connectivity index (χ2v) is 5.45. The molecule has 0 atom stereocenters. The number of anilines is 2. The largest absolute Gasteiger partial charge is 0.366 e. The fraction of sp³-hybridized carbons (Fsp3) is 0. The summed E-state index contributed by atoms with van der Waals surface area (Å²) in [5.41, 5.74) is 7.72. The van der Waals surface area contributed by atoms with E-state index in [1.165, 1.54) is 23.0 Å². The van der Waals surface area contributed by atoms with Crippen LogP contribution in [0.15, 0.2) is 54.7 Å². The van der Waals surface area contributed by atoms with E-state index in [1.54, 1.807) is 36.4 Å². The molecule has 26 heavy (non-hydrogen) atoms. The van der Waals surface area contributed by atoms with Crippen LogP contribution in [0.5, 0.6) is 0 Å². The smallest absolute Gasteiger partial charge is 0.248 e. The number of hydrogen-bond donors (Lipinski definition) is 2. The van der Waals surface area contributed by atoms with Gasteiger partial charge in [0.15, 0.2) is 11.2 Å². The van der Waals surface area contributed by atoms with Crippen LogP contribution in [0, 0.1) is 5.82 Å². The molecular formula is C17H12FN7O. The van der Waals surface area contributed by atoms with Crippen LogP contribution < -0.4 is 11.1 Å². The Kier molecular flexibility index (Phi) is 3.73. The van der Waals surface area contributed by atoms with E-state index >= 15 is 0 Å². The Morgan fingerprint density at radius 2 is 1.96 bits per heavy atom. The molecular weight excluding hydrogens is 337 g/mol. The van der Waals surface area contributed by atoms with Crippen molar-refractivity contribution in [2.75, 3.05) is 5.32 Å². The number of nitrogens with two attached hydrogens (primary N) is 1. The van der Waals surface area contributed by atoms with Gasteiger partial charge in [-0.25, -0.2) is 9.37 Å². The summed E-state index contributed by atoms with van der Waals surface area (Å²) >= 11 is 0. The molecule has 0 unspecified atom stereocenters. The zero-order valence-electron chi connectivity index (χ0n) is 13.3. The summed E-state index contributed by atoms with van der Waals surface area (Å²) in [5, 5.41) is 11.0. The Hall–Kier alpha value is -3.88. The van der Waals surface area contributed by atoms with Gasteiger partial charge in [0.2, 0.25) is 11.9 Å². The monoisotopic (exact) mass is 349 g/mol. The Morgan fingerprint density at radius 1 is 1.15 bits per heavy atom. The highest BCUT2D eigenvalue weighted by atomic mass is 19.1. The highest BCUT2D eigenvalue weighted by Gasteiger charge is 2.11. The average Bonchev–Trinajstić information content (AvgIpc) is 3.05. The quantitative estimate of drug-likeness (QED) is 0.584. The number of nitrogens with zero attached hydrogens (tertiary/aromatic N) is 5. The third-order valence-electron chi connectivity index (χ3n) is 3.67. The molecule has 0 aliphatic rings. The number of hydrogen-bond acceptors (Lipinski definition) is 6. The van der Waals surface area contributed by atoms with E-state index in [-0.39, 0.29) is 5.82 Å². The van der Waals surface area contributed by atoms with E-state index < -0.39 is 5.91 Å². The standard InChI is InChI=1S/C17H12FN7O/c18-11-2-1-3-13(8-11)25-16-14(23-24-25)9-20-17(22-16)21-12-6-4-10(5-7-12)15(19)26/h1-9H,(H2,19,26)(H,20,21,22). The molecule has 2 aromatic carbocycles. The summed E-state index contributed by atoms with van der Waals surface area (Å²) in [6, 6.07) is 12.6. The first kappa shape index (κ1) is 15.6. The van der Waals surface area contributed by atoms with Gasteiger partial charge in [0.25, 0.3) is 0 Å². The van der Waals surface area contributed by atoms with E-state index in [1.807, 2.05) is 0 Å². The van der Waals surface area contributed by atoms with Crippen LogP contribution in [0.4, 0.5) is 16.0 Å². The first-order valence-electron chi connectivity index (χ1n) is 7.61. The lowest BCUT2D eigenvalue weighted by atomic mass is 10.2. The summed E-state index contributed by atoms with van der Waals surface area (Å²) < 4.78 is 14.9. The second-order valence-electron chi connectivity index (χ2n) is 5.45. The van der Waals surface area contributed by atoms with Crippen LogP contribution in [-0.4, -0.2) is 30.9 Å². The average molecular weight is 349 g/mol. The van der Waals surface area contributed by atoms with E-state index in [9.17, 15) is 9.18 Å². The first-order chi connectivity index (χ1) is 12.6. The molecule has 0 aliphatic heterocycles. The number of carbonyl (C=O) groups is 1. The van der Waals surface area contributed by atoms with Crippen LogP contribution in [-0.2, 0) is 0 Å². The Labute approximate surface area is 146 Å². The first-order valence-corrected chi connectivity index (χ1v) is 7.61. The van der Waals surface area contributed by atoms with Crippen LogP contribution in [0.3, 0.4) is 0 Å². The molecule has 2 aromatic heterocycles. The minimum Gasteiger partial charge on any atom is -0.366 e. The normalized spacial score (nSPS) is 10.8. The van der Waals surface area contributed by atoms with Gasteiger partial charge in [0, 0.05) is 11.3 Å². The van der Waals surface area contributed by atoms with Gasteiger partial charge >= 0.3 is 0 Å². The lowest BCUT2D eigenvalue weighted by Crippen LogP contribution is -2.10. The van der Waals surface area contributed by atoms with Gasteiger partial charge in [-0.05, 0) is 42.5 Å². The van der Waals surface area contributed by atoms with E-state index in [0.29, 0.717) is 34.1 Å². The number of nitrogens with one attached hydrogen (secondary N) is 1. The van der Waals surface area contributed by atoms with Crippen LogP contribution in [0.25, 0.3) is 16.9 Å². The number of rotatable bonds is 4. The highest BCUT2D eigenvalue weighted by Crippen LogP contribution is 2.18. The molecule has 0 saturated heterocycles. The van der Waals surface area contributed by atoms with Crippen LogP contribution >= 0.6 is 0 Å². The fourth-order valence-corrected chi connectivity index (χ4v) is 2.42. The zero-order valence-corrected chi connectivity index (χ0v) is 13.3. The SMILES string of the molecule is NC(=O)c1ccc(Nc2ncc3nnn(-c4cccc(F)c4)c3n2)cc1. The van der Waals surface area contributed by atoms with Crippen molar-refractivity contribution in [1.82, 2.24) is 25.0 Å². The van der Waals surface area contributed by atoms with Crippen molar-refractivity contribution in [3.63, 3.8) is 0 Å². The number of fused-ring (bicyclic) bond motifs is 1. The number of benzene rings is 2. The Bertz CT molecular complexity index is 1110. The van der Waals surface area contributed by atoms with Crippen molar-refractivity contribution in [3.8, 4) is 5.69 Å².